The van der Waals surface area contributed by atoms with Gasteiger partial charge in [0.2, 0.25) is 0 Å². The van der Waals surface area contributed by atoms with Gasteiger partial charge in [0.1, 0.15) is 10.9 Å². The molecule has 0 spiro atoms. The van der Waals surface area contributed by atoms with E-state index in [0.717, 1.165) is 50.8 Å². The first kappa shape index (κ1) is 13.1. The van der Waals surface area contributed by atoms with Gasteiger partial charge in [-0.25, -0.2) is 4.98 Å². The molecule has 1 heterocycles. The summed E-state index contributed by atoms with van der Waals surface area (Å²) in [6.45, 7) is 0.943. The van der Waals surface area contributed by atoms with E-state index in [1.54, 1.807) is 0 Å². The van der Waals surface area contributed by atoms with Crippen molar-refractivity contribution in [3.8, 4) is 0 Å². The number of nitrogens with one attached hydrogen (secondary N) is 1. The molecule has 4 heteroatoms. The highest BCUT2D eigenvalue weighted by Crippen LogP contribution is 2.30. The van der Waals surface area contributed by atoms with Crippen molar-refractivity contribution in [2.45, 2.75) is 44.6 Å². The number of hydrogen-bond acceptors (Lipinski definition) is 3. The SMILES string of the molecule is O=C1CC[C@@H](CNC2CCCc3nc(Cl)ccc32)C1. The number of fused-ring (bicyclic) bond motifs is 1. The van der Waals surface area contributed by atoms with E-state index in [1.807, 2.05) is 6.07 Å². The molecule has 0 radical (unpaired) electrons. The second kappa shape index (κ2) is 5.59. The van der Waals surface area contributed by atoms with Crippen LogP contribution in [0.5, 0.6) is 0 Å². The maximum Gasteiger partial charge on any atom is 0.133 e. The van der Waals surface area contributed by atoms with Gasteiger partial charge in [0, 0.05) is 24.6 Å². The molecule has 1 aromatic rings. The van der Waals surface area contributed by atoms with Crippen LogP contribution in [0.4, 0.5) is 0 Å². The molecule has 0 bridgehead atoms. The third-order valence-corrected chi connectivity index (χ3v) is 4.47. The smallest absolute Gasteiger partial charge is 0.133 e. The van der Waals surface area contributed by atoms with Crippen molar-refractivity contribution in [3.63, 3.8) is 0 Å². The summed E-state index contributed by atoms with van der Waals surface area (Å²) in [5.41, 5.74) is 2.43. The molecular formula is C15H19ClN2O. The van der Waals surface area contributed by atoms with Gasteiger partial charge in [0.15, 0.2) is 0 Å². The van der Waals surface area contributed by atoms with Crippen molar-refractivity contribution in [1.82, 2.24) is 10.3 Å². The topological polar surface area (TPSA) is 42.0 Å². The Morgan fingerprint density at radius 3 is 3.00 bits per heavy atom. The molecule has 3 nitrogen and oxygen atoms in total. The van der Waals surface area contributed by atoms with E-state index in [2.05, 4.69) is 16.4 Å². The minimum atomic E-state index is 0.379. The quantitative estimate of drug-likeness (QED) is 0.864. The zero-order chi connectivity index (χ0) is 13.2. The first-order valence-electron chi connectivity index (χ1n) is 7.13. The Balaban J connectivity index is 1.65. The van der Waals surface area contributed by atoms with Gasteiger partial charge in [-0.3, -0.25) is 4.79 Å². The van der Waals surface area contributed by atoms with E-state index < -0.39 is 0 Å². The van der Waals surface area contributed by atoms with Crippen molar-refractivity contribution in [2.75, 3.05) is 6.54 Å². The van der Waals surface area contributed by atoms with Crippen molar-refractivity contribution in [2.24, 2.45) is 5.92 Å². The van der Waals surface area contributed by atoms with Crippen LogP contribution in [0.15, 0.2) is 12.1 Å². The molecule has 1 saturated carbocycles. The van der Waals surface area contributed by atoms with Crippen LogP contribution in [0.3, 0.4) is 0 Å². The van der Waals surface area contributed by atoms with Crippen LogP contribution in [0, 0.1) is 5.92 Å². The lowest BCUT2D eigenvalue weighted by atomic mass is 9.91. The normalized spacial score (nSPS) is 26.5. The average molecular weight is 279 g/mol. The van der Waals surface area contributed by atoms with E-state index in [9.17, 15) is 4.79 Å². The first-order valence-corrected chi connectivity index (χ1v) is 7.50. The summed E-state index contributed by atoms with van der Waals surface area (Å²) in [4.78, 5) is 15.7. The van der Waals surface area contributed by atoms with Crippen molar-refractivity contribution in [3.05, 3.63) is 28.5 Å². The molecule has 102 valence electrons. The van der Waals surface area contributed by atoms with Gasteiger partial charge in [-0.2, -0.15) is 0 Å². The number of nitrogens with zero attached hydrogens (tertiary/aromatic N) is 1. The van der Waals surface area contributed by atoms with Crippen LogP contribution >= 0.6 is 11.6 Å². The van der Waals surface area contributed by atoms with Crippen molar-refractivity contribution in [1.29, 1.82) is 0 Å². The van der Waals surface area contributed by atoms with Gasteiger partial charge in [-0.1, -0.05) is 17.7 Å². The van der Waals surface area contributed by atoms with Crippen LogP contribution in [0.2, 0.25) is 5.15 Å². The number of carbonyl (C=O) groups excluding carboxylic acids is 1. The standard InChI is InChI=1S/C15H19ClN2O/c16-15-7-6-12-13(2-1-3-14(12)18-15)17-9-10-4-5-11(19)8-10/h6-7,10,13,17H,1-5,8-9H2/t10-,13?/m1/s1. The third kappa shape index (κ3) is 2.98. The molecule has 3 rings (SSSR count). The Kier molecular flexibility index (Phi) is 3.85. The predicted octanol–water partition coefficient (Wildman–Crippen LogP) is 3.07. The summed E-state index contributed by atoms with van der Waals surface area (Å²) in [5, 5.41) is 4.21. The highest BCUT2D eigenvalue weighted by Gasteiger charge is 2.25. The lowest BCUT2D eigenvalue weighted by Crippen LogP contribution is -2.29. The van der Waals surface area contributed by atoms with E-state index in [0.29, 0.717) is 22.9 Å². The maximum atomic E-state index is 11.3. The Morgan fingerprint density at radius 1 is 1.32 bits per heavy atom. The number of aromatic nitrogens is 1. The summed E-state index contributed by atoms with van der Waals surface area (Å²) in [6, 6.07) is 4.35. The van der Waals surface area contributed by atoms with E-state index in [-0.39, 0.29) is 0 Å². The number of ketones is 1. The number of pyridine rings is 1. The molecule has 0 aromatic carbocycles. The fourth-order valence-corrected chi connectivity index (χ4v) is 3.38. The summed E-state index contributed by atoms with van der Waals surface area (Å²) >= 11 is 5.95. The highest BCUT2D eigenvalue weighted by atomic mass is 35.5. The number of Topliss-reactive ketones (excluding diaryl/α,β-unsaturated/α-hetero) is 1. The summed E-state index contributed by atoms with van der Waals surface area (Å²) in [7, 11) is 0. The van der Waals surface area contributed by atoms with E-state index in [1.165, 1.54) is 5.56 Å². The molecule has 2 aliphatic carbocycles. The molecule has 2 aliphatic rings. The molecule has 19 heavy (non-hydrogen) atoms. The number of hydrogen-bond donors (Lipinski definition) is 1. The lowest BCUT2D eigenvalue weighted by molar-refractivity contribution is -0.117. The average Bonchev–Trinajstić information content (AvgIpc) is 2.81. The minimum absolute atomic E-state index is 0.379. The molecule has 0 amide bonds. The van der Waals surface area contributed by atoms with Gasteiger partial charge >= 0.3 is 0 Å². The van der Waals surface area contributed by atoms with E-state index >= 15 is 0 Å². The molecule has 1 aromatic heterocycles. The van der Waals surface area contributed by atoms with Gasteiger partial charge in [-0.05, 0) is 49.8 Å². The fraction of sp³-hybridized carbons (Fsp3) is 0.600. The van der Waals surface area contributed by atoms with Crippen molar-refractivity contribution < 1.29 is 4.79 Å². The molecule has 1 unspecified atom stereocenters. The van der Waals surface area contributed by atoms with Crippen LogP contribution in [0.1, 0.15) is 49.4 Å². The summed E-state index contributed by atoms with van der Waals surface area (Å²) in [5.74, 6) is 0.947. The van der Waals surface area contributed by atoms with Crippen molar-refractivity contribution >= 4 is 17.4 Å². The molecule has 0 aliphatic heterocycles. The Bertz CT molecular complexity index is 489. The maximum absolute atomic E-state index is 11.3. The monoisotopic (exact) mass is 278 g/mol. The van der Waals surface area contributed by atoms with Crippen LogP contribution < -0.4 is 5.32 Å². The molecule has 1 N–H and O–H groups in total. The number of halogens is 1. The minimum Gasteiger partial charge on any atom is -0.310 e. The molecule has 0 saturated heterocycles. The highest BCUT2D eigenvalue weighted by molar-refractivity contribution is 6.29. The number of aryl methyl sites for hydroxylation is 1. The summed E-state index contributed by atoms with van der Waals surface area (Å²) in [6.07, 6.45) is 5.90. The largest absolute Gasteiger partial charge is 0.310 e. The van der Waals surface area contributed by atoms with Gasteiger partial charge in [-0.15, -0.1) is 0 Å². The van der Waals surface area contributed by atoms with Crippen LogP contribution in [-0.4, -0.2) is 17.3 Å². The third-order valence-electron chi connectivity index (χ3n) is 4.26. The molecule has 2 atom stereocenters. The Hall–Kier alpha value is -0.930. The van der Waals surface area contributed by atoms with Gasteiger partial charge < -0.3 is 5.32 Å². The second-order valence-electron chi connectivity index (χ2n) is 5.67. The van der Waals surface area contributed by atoms with Crippen LogP contribution in [-0.2, 0) is 11.2 Å². The lowest BCUT2D eigenvalue weighted by Gasteiger charge is -2.27. The predicted molar refractivity (Wildman–Crippen MR) is 75.3 cm³/mol. The zero-order valence-electron chi connectivity index (χ0n) is 11.0. The number of carbonyl (C=O) groups is 1. The Morgan fingerprint density at radius 2 is 2.21 bits per heavy atom. The fourth-order valence-electron chi connectivity index (χ4n) is 3.22. The first-order chi connectivity index (χ1) is 9.22. The summed E-state index contributed by atoms with van der Waals surface area (Å²) < 4.78 is 0. The molecular weight excluding hydrogens is 260 g/mol. The van der Waals surface area contributed by atoms with Gasteiger partial charge in [0.25, 0.3) is 0 Å². The molecule has 1 fully saturated rings. The second-order valence-corrected chi connectivity index (χ2v) is 6.06. The Labute approximate surface area is 118 Å². The van der Waals surface area contributed by atoms with Crippen LogP contribution in [0.25, 0.3) is 0 Å². The number of rotatable bonds is 3. The van der Waals surface area contributed by atoms with E-state index in [4.69, 9.17) is 11.6 Å². The zero-order valence-corrected chi connectivity index (χ0v) is 11.7. The van der Waals surface area contributed by atoms with Gasteiger partial charge in [0.05, 0.1) is 0 Å².